The molecule has 156 valence electrons. The molecule has 0 spiro atoms. The maximum atomic E-state index is 13.4. The largest absolute Gasteiger partial charge is 0.363 e. The normalized spacial score (nSPS) is 23.5. The molecule has 1 amide bonds. The van der Waals surface area contributed by atoms with Crippen molar-refractivity contribution in [1.29, 1.82) is 0 Å². The lowest BCUT2D eigenvalue weighted by Gasteiger charge is -2.42. The fourth-order valence-corrected chi connectivity index (χ4v) is 5.32. The highest BCUT2D eigenvalue weighted by atomic mass is 19.1. The van der Waals surface area contributed by atoms with Crippen LogP contribution in [0.15, 0.2) is 36.7 Å². The van der Waals surface area contributed by atoms with E-state index in [0.29, 0.717) is 24.4 Å². The second kappa shape index (κ2) is 7.47. The Balaban J connectivity index is 1.47. The number of amides is 1. The molecule has 2 aliphatic rings. The molecule has 4 rings (SSSR count). The third-order valence-electron chi connectivity index (χ3n) is 6.47. The number of carbonyl (C=O) groups is 1. The second-order valence-electron chi connectivity index (χ2n) is 9.39. The van der Waals surface area contributed by atoms with Crippen LogP contribution in [-0.2, 0) is 11.3 Å². The number of likely N-dealkylation sites (tertiary alicyclic amines) is 1. The van der Waals surface area contributed by atoms with Crippen LogP contribution in [0, 0.1) is 11.7 Å². The Bertz CT molecular complexity index is 873. The number of anilines is 1. The molecule has 6 heteroatoms. The minimum atomic E-state index is -0.206. The first-order valence-electron chi connectivity index (χ1n) is 10.6. The van der Waals surface area contributed by atoms with Crippen molar-refractivity contribution < 1.29 is 9.18 Å². The number of nitrogens with zero attached hydrogens (tertiary/aromatic N) is 4. The molecule has 1 aromatic carbocycles. The predicted molar refractivity (Wildman–Crippen MR) is 112 cm³/mol. The molecule has 2 atom stereocenters. The first kappa shape index (κ1) is 19.9. The summed E-state index contributed by atoms with van der Waals surface area (Å²) in [5.41, 5.74) is 1.06. The summed E-state index contributed by atoms with van der Waals surface area (Å²) in [4.78, 5) is 21.9. The number of imidazole rings is 1. The van der Waals surface area contributed by atoms with E-state index in [1.165, 1.54) is 12.1 Å². The SMILES string of the molecule is CC(C)c1nccn1CC(=O)N1CC[C@H]2[C@@H](C1)CC(C)(C)N2c1ccc(F)cc1. The highest BCUT2D eigenvalue weighted by Gasteiger charge is 2.48. The Hall–Kier alpha value is -2.37. The summed E-state index contributed by atoms with van der Waals surface area (Å²) in [6, 6.07) is 7.22. The number of carbonyl (C=O) groups excluding carboxylic acids is 1. The van der Waals surface area contributed by atoms with Gasteiger partial charge in [0.25, 0.3) is 0 Å². The summed E-state index contributed by atoms with van der Waals surface area (Å²) in [6.07, 6.45) is 5.64. The molecule has 2 aliphatic heterocycles. The number of halogens is 1. The summed E-state index contributed by atoms with van der Waals surface area (Å²) in [5, 5.41) is 0. The summed E-state index contributed by atoms with van der Waals surface area (Å²) in [7, 11) is 0. The van der Waals surface area contributed by atoms with Crippen molar-refractivity contribution >= 4 is 11.6 Å². The average Bonchev–Trinajstić information content (AvgIpc) is 3.22. The first-order valence-corrected chi connectivity index (χ1v) is 10.6. The summed E-state index contributed by atoms with van der Waals surface area (Å²) in [6.45, 7) is 10.6. The van der Waals surface area contributed by atoms with E-state index in [0.717, 1.165) is 37.4 Å². The third-order valence-corrected chi connectivity index (χ3v) is 6.47. The number of benzene rings is 1. The number of rotatable bonds is 4. The monoisotopic (exact) mass is 398 g/mol. The number of fused-ring (bicyclic) bond motifs is 1. The summed E-state index contributed by atoms with van der Waals surface area (Å²) in [5.74, 6) is 1.64. The lowest BCUT2D eigenvalue weighted by molar-refractivity contribution is -0.133. The zero-order chi connectivity index (χ0) is 20.8. The molecule has 2 fully saturated rings. The van der Waals surface area contributed by atoms with Gasteiger partial charge in [-0.15, -0.1) is 0 Å². The summed E-state index contributed by atoms with van der Waals surface area (Å²) < 4.78 is 15.4. The second-order valence-corrected chi connectivity index (χ2v) is 9.39. The quantitative estimate of drug-likeness (QED) is 0.780. The van der Waals surface area contributed by atoms with Gasteiger partial charge in [-0.2, -0.15) is 0 Å². The first-order chi connectivity index (χ1) is 13.8. The lowest BCUT2D eigenvalue weighted by Crippen LogP contribution is -2.50. The van der Waals surface area contributed by atoms with Crippen molar-refractivity contribution in [1.82, 2.24) is 14.5 Å². The third kappa shape index (κ3) is 3.77. The zero-order valence-electron chi connectivity index (χ0n) is 17.8. The molecule has 3 heterocycles. The number of aromatic nitrogens is 2. The van der Waals surface area contributed by atoms with Gasteiger partial charge in [-0.1, -0.05) is 13.8 Å². The van der Waals surface area contributed by atoms with E-state index < -0.39 is 0 Å². The van der Waals surface area contributed by atoms with Crippen LogP contribution in [0.2, 0.25) is 0 Å². The lowest BCUT2D eigenvalue weighted by atomic mass is 9.89. The molecular formula is C23H31FN4O. The molecule has 29 heavy (non-hydrogen) atoms. The molecule has 2 aromatic rings. The van der Waals surface area contributed by atoms with Crippen molar-refractivity contribution in [2.45, 2.75) is 64.6 Å². The van der Waals surface area contributed by atoms with Gasteiger partial charge in [0.15, 0.2) is 0 Å². The van der Waals surface area contributed by atoms with Crippen LogP contribution in [0.25, 0.3) is 0 Å². The Labute approximate surface area is 172 Å². The molecule has 0 radical (unpaired) electrons. The van der Waals surface area contributed by atoms with Gasteiger partial charge in [0.2, 0.25) is 5.91 Å². The molecule has 2 saturated heterocycles. The smallest absolute Gasteiger partial charge is 0.242 e. The van der Waals surface area contributed by atoms with Crippen LogP contribution in [0.4, 0.5) is 10.1 Å². The Kier molecular flexibility index (Phi) is 5.13. The maximum Gasteiger partial charge on any atom is 0.242 e. The van der Waals surface area contributed by atoms with Gasteiger partial charge in [-0.3, -0.25) is 4.79 Å². The van der Waals surface area contributed by atoms with Crippen molar-refractivity contribution in [3.8, 4) is 0 Å². The van der Waals surface area contributed by atoms with E-state index in [-0.39, 0.29) is 17.3 Å². The van der Waals surface area contributed by atoms with Gasteiger partial charge >= 0.3 is 0 Å². The van der Waals surface area contributed by atoms with Crippen molar-refractivity contribution in [3.63, 3.8) is 0 Å². The van der Waals surface area contributed by atoms with E-state index in [9.17, 15) is 9.18 Å². The van der Waals surface area contributed by atoms with Crippen LogP contribution < -0.4 is 4.90 Å². The molecule has 1 aromatic heterocycles. The van der Waals surface area contributed by atoms with E-state index in [1.54, 1.807) is 6.20 Å². The standard InChI is InChI=1S/C23H31FN4O/c1-16(2)22-25-10-12-27(22)15-21(29)26-11-9-20-17(14-26)13-23(3,4)28(20)19-7-5-18(24)6-8-19/h5-8,10,12,16-17,20H,9,11,13-15H2,1-4H3/t17-,20+/m1/s1. The zero-order valence-corrected chi connectivity index (χ0v) is 17.8. The Morgan fingerprint density at radius 1 is 1.28 bits per heavy atom. The van der Waals surface area contributed by atoms with E-state index in [4.69, 9.17) is 0 Å². The summed E-state index contributed by atoms with van der Waals surface area (Å²) >= 11 is 0. The Morgan fingerprint density at radius 2 is 2.00 bits per heavy atom. The van der Waals surface area contributed by atoms with Crippen LogP contribution in [0.3, 0.4) is 0 Å². The Morgan fingerprint density at radius 3 is 2.69 bits per heavy atom. The number of piperidine rings is 1. The fraction of sp³-hybridized carbons (Fsp3) is 0.565. The van der Waals surface area contributed by atoms with Gasteiger partial charge < -0.3 is 14.4 Å². The van der Waals surface area contributed by atoms with Gasteiger partial charge in [0.05, 0.1) is 0 Å². The number of hydrogen-bond donors (Lipinski definition) is 0. The van der Waals surface area contributed by atoms with Crippen LogP contribution in [0.1, 0.15) is 52.3 Å². The van der Waals surface area contributed by atoms with Crippen LogP contribution >= 0.6 is 0 Å². The van der Waals surface area contributed by atoms with Crippen molar-refractivity contribution in [3.05, 3.63) is 48.3 Å². The van der Waals surface area contributed by atoms with Gasteiger partial charge in [0, 0.05) is 48.7 Å². The molecule has 5 nitrogen and oxygen atoms in total. The molecule has 0 N–H and O–H groups in total. The van der Waals surface area contributed by atoms with E-state index in [2.05, 4.69) is 37.6 Å². The average molecular weight is 399 g/mol. The van der Waals surface area contributed by atoms with E-state index >= 15 is 0 Å². The van der Waals surface area contributed by atoms with E-state index in [1.807, 2.05) is 27.8 Å². The molecule has 0 aliphatic carbocycles. The molecule has 0 saturated carbocycles. The van der Waals surface area contributed by atoms with Crippen LogP contribution in [-0.4, -0.2) is 45.0 Å². The van der Waals surface area contributed by atoms with Gasteiger partial charge in [-0.05, 0) is 56.9 Å². The van der Waals surface area contributed by atoms with Crippen molar-refractivity contribution in [2.24, 2.45) is 5.92 Å². The topological polar surface area (TPSA) is 41.4 Å². The highest BCUT2D eigenvalue weighted by molar-refractivity contribution is 5.76. The van der Waals surface area contributed by atoms with Gasteiger partial charge in [-0.25, -0.2) is 9.37 Å². The molecule has 0 unspecified atom stereocenters. The minimum absolute atomic E-state index is 0.0125. The highest BCUT2D eigenvalue weighted by Crippen LogP contribution is 2.44. The number of hydrogen-bond acceptors (Lipinski definition) is 3. The van der Waals surface area contributed by atoms with Gasteiger partial charge in [0.1, 0.15) is 18.2 Å². The predicted octanol–water partition coefficient (Wildman–Crippen LogP) is 4.05. The van der Waals surface area contributed by atoms with Crippen molar-refractivity contribution in [2.75, 3.05) is 18.0 Å². The van der Waals surface area contributed by atoms with Crippen LogP contribution in [0.5, 0.6) is 0 Å². The minimum Gasteiger partial charge on any atom is -0.363 e. The fourth-order valence-electron chi connectivity index (χ4n) is 5.32. The molecule has 0 bridgehead atoms. The molecular weight excluding hydrogens is 367 g/mol. The maximum absolute atomic E-state index is 13.4.